The molecular formula is C42H56O4Si. The molecule has 4 nitrogen and oxygen atoms in total. The molecule has 2 fully saturated rings. The minimum atomic E-state index is -2.63. The molecule has 0 bridgehead atoms. The number of fused-ring (bicyclic) bond motifs is 3. The van der Waals surface area contributed by atoms with Crippen LogP contribution in [0.4, 0.5) is 0 Å². The van der Waals surface area contributed by atoms with E-state index >= 15 is 0 Å². The molecule has 252 valence electrons. The summed E-state index contributed by atoms with van der Waals surface area (Å²) in [4.78, 5) is 0. The standard InChI is InChI=1S/C42H56O4Si/c1-29-18-24-36-37(27-29)35-25-19-30(2)39(38(44)17-12-26-43)40(35)41(36)46-32-22-20-31(21-23-32)28-45-47(42(3,4)5,33-13-8-6-9-14-33)34-15-10-7-11-16-34/h6-11,13-16,19-23,25,29-30,35-41,43-44H,12,17-18,24,26-28H2,1-5H3/t29-,30+,35+,36-,37+,38?,39-,40+,41+/m1/s1. The Labute approximate surface area is 284 Å². The highest BCUT2D eigenvalue weighted by Crippen LogP contribution is 2.57. The fraction of sp³-hybridized carbons (Fsp3) is 0.524. The Bertz CT molecular complexity index is 1410. The number of aliphatic hydroxyl groups excluding tert-OH is 2. The van der Waals surface area contributed by atoms with Crippen LogP contribution in [0.15, 0.2) is 97.1 Å². The van der Waals surface area contributed by atoms with E-state index in [-0.39, 0.29) is 35.5 Å². The van der Waals surface area contributed by atoms with Crippen molar-refractivity contribution in [2.24, 2.45) is 41.4 Å². The number of aliphatic hydroxyl groups is 2. The Hall–Kier alpha value is -2.70. The summed E-state index contributed by atoms with van der Waals surface area (Å²) in [5.74, 6) is 3.89. The van der Waals surface area contributed by atoms with E-state index in [0.29, 0.717) is 37.2 Å². The molecule has 3 aliphatic rings. The smallest absolute Gasteiger partial charge is 0.261 e. The fourth-order valence-electron chi connectivity index (χ4n) is 9.66. The highest BCUT2D eigenvalue weighted by molar-refractivity contribution is 6.99. The van der Waals surface area contributed by atoms with Gasteiger partial charge in [0.05, 0.1) is 12.7 Å². The van der Waals surface area contributed by atoms with Crippen molar-refractivity contribution in [3.63, 3.8) is 0 Å². The van der Waals surface area contributed by atoms with Gasteiger partial charge in [0.2, 0.25) is 0 Å². The van der Waals surface area contributed by atoms with Gasteiger partial charge in [-0.15, -0.1) is 0 Å². The molecule has 6 rings (SSSR count). The van der Waals surface area contributed by atoms with Gasteiger partial charge in [0.15, 0.2) is 0 Å². The first-order valence-corrected chi connectivity index (χ1v) is 20.0. The fourth-order valence-corrected chi connectivity index (χ4v) is 14.2. The Morgan fingerprint density at radius 3 is 2.06 bits per heavy atom. The average Bonchev–Trinajstić information content (AvgIpc) is 3.36. The van der Waals surface area contributed by atoms with Gasteiger partial charge in [0.1, 0.15) is 11.9 Å². The van der Waals surface area contributed by atoms with Crippen LogP contribution in [-0.2, 0) is 11.0 Å². The zero-order chi connectivity index (χ0) is 33.2. The molecule has 3 aromatic rings. The summed E-state index contributed by atoms with van der Waals surface area (Å²) in [6.07, 6.45) is 9.42. The van der Waals surface area contributed by atoms with Crippen molar-refractivity contribution in [2.45, 2.75) is 90.6 Å². The Morgan fingerprint density at radius 1 is 0.830 bits per heavy atom. The van der Waals surface area contributed by atoms with E-state index < -0.39 is 14.4 Å². The maximum absolute atomic E-state index is 11.5. The molecule has 3 aliphatic carbocycles. The molecule has 0 aromatic heterocycles. The van der Waals surface area contributed by atoms with Crippen molar-refractivity contribution in [3.05, 3.63) is 103 Å². The van der Waals surface area contributed by atoms with Crippen molar-refractivity contribution in [1.82, 2.24) is 0 Å². The van der Waals surface area contributed by atoms with Crippen molar-refractivity contribution in [2.75, 3.05) is 6.61 Å². The summed E-state index contributed by atoms with van der Waals surface area (Å²) >= 11 is 0. The van der Waals surface area contributed by atoms with Gasteiger partial charge in [0, 0.05) is 12.5 Å². The number of hydrogen-bond acceptors (Lipinski definition) is 4. The monoisotopic (exact) mass is 652 g/mol. The van der Waals surface area contributed by atoms with E-state index in [1.165, 1.54) is 29.6 Å². The topological polar surface area (TPSA) is 58.9 Å². The summed E-state index contributed by atoms with van der Waals surface area (Å²) < 4.78 is 14.3. The lowest BCUT2D eigenvalue weighted by atomic mass is 9.66. The van der Waals surface area contributed by atoms with Gasteiger partial charge in [-0.3, -0.25) is 0 Å². The molecule has 0 heterocycles. The summed E-state index contributed by atoms with van der Waals surface area (Å²) in [7, 11) is -2.63. The van der Waals surface area contributed by atoms with E-state index in [1.54, 1.807) is 0 Å². The van der Waals surface area contributed by atoms with Crippen molar-refractivity contribution >= 4 is 18.7 Å². The van der Waals surface area contributed by atoms with Crippen LogP contribution < -0.4 is 15.1 Å². The number of hydrogen-bond donors (Lipinski definition) is 2. The highest BCUT2D eigenvalue weighted by Gasteiger charge is 2.57. The highest BCUT2D eigenvalue weighted by atomic mass is 28.4. The molecule has 0 aliphatic heterocycles. The third-order valence-corrected chi connectivity index (χ3v) is 16.8. The third-order valence-electron chi connectivity index (χ3n) is 11.8. The van der Waals surface area contributed by atoms with Crippen molar-refractivity contribution in [3.8, 4) is 5.75 Å². The first kappa shape index (κ1) is 34.2. The Morgan fingerprint density at radius 2 is 1.47 bits per heavy atom. The predicted molar refractivity (Wildman–Crippen MR) is 194 cm³/mol. The van der Waals surface area contributed by atoms with Crippen LogP contribution in [0.3, 0.4) is 0 Å². The van der Waals surface area contributed by atoms with Gasteiger partial charge in [-0.1, -0.05) is 126 Å². The molecule has 0 radical (unpaired) electrons. The first-order chi connectivity index (χ1) is 22.6. The van der Waals surface area contributed by atoms with Gasteiger partial charge < -0.3 is 19.4 Å². The van der Waals surface area contributed by atoms with Crippen LogP contribution in [0.2, 0.25) is 5.04 Å². The Balaban J connectivity index is 1.25. The van der Waals surface area contributed by atoms with E-state index in [9.17, 15) is 10.2 Å². The lowest BCUT2D eigenvalue weighted by molar-refractivity contribution is -0.0159. The molecule has 1 unspecified atom stereocenters. The van der Waals surface area contributed by atoms with E-state index in [0.717, 1.165) is 17.2 Å². The predicted octanol–water partition coefficient (Wildman–Crippen LogP) is 7.76. The average molecular weight is 653 g/mol. The molecule has 0 spiro atoms. The number of ether oxygens (including phenoxy) is 1. The molecule has 2 saturated carbocycles. The Kier molecular flexibility index (Phi) is 10.5. The van der Waals surface area contributed by atoms with Crippen molar-refractivity contribution < 1.29 is 19.4 Å². The molecule has 5 heteroatoms. The zero-order valence-electron chi connectivity index (χ0n) is 29.1. The SMILES string of the molecule is C[C@@H]1CC[C@@H]2[C@@H](C1)[C@@H]1C=C[C@H](C)[C@H](C(O)CCCO)[C@H]1[C@H]2Oc1ccc(CO[Si](c2ccccc2)(c2ccccc2)C(C)(C)C)cc1. The summed E-state index contributed by atoms with van der Waals surface area (Å²) in [5.41, 5.74) is 1.14. The van der Waals surface area contributed by atoms with Crippen LogP contribution in [0.25, 0.3) is 0 Å². The third kappa shape index (κ3) is 6.79. The molecule has 3 aromatic carbocycles. The van der Waals surface area contributed by atoms with Gasteiger partial charge in [-0.25, -0.2) is 0 Å². The van der Waals surface area contributed by atoms with E-state index in [1.807, 2.05) is 0 Å². The van der Waals surface area contributed by atoms with Crippen LogP contribution in [0, 0.1) is 41.4 Å². The van der Waals surface area contributed by atoms with Gasteiger partial charge in [-0.2, -0.15) is 0 Å². The van der Waals surface area contributed by atoms with E-state index in [4.69, 9.17) is 9.16 Å². The van der Waals surface area contributed by atoms with Crippen LogP contribution >= 0.6 is 0 Å². The molecule has 0 saturated heterocycles. The minimum Gasteiger partial charge on any atom is -0.490 e. The van der Waals surface area contributed by atoms with Gasteiger partial charge >= 0.3 is 0 Å². The number of benzene rings is 3. The van der Waals surface area contributed by atoms with Crippen LogP contribution in [0.5, 0.6) is 5.75 Å². The normalized spacial score (nSPS) is 29.6. The second kappa shape index (κ2) is 14.4. The van der Waals surface area contributed by atoms with Crippen molar-refractivity contribution in [1.29, 1.82) is 0 Å². The second-order valence-corrected chi connectivity index (χ2v) is 20.1. The molecule has 9 atom stereocenters. The zero-order valence-corrected chi connectivity index (χ0v) is 30.1. The summed E-state index contributed by atoms with van der Waals surface area (Å²) in [6, 6.07) is 30.3. The largest absolute Gasteiger partial charge is 0.490 e. The lowest BCUT2D eigenvalue weighted by Gasteiger charge is -2.43. The van der Waals surface area contributed by atoms with Crippen LogP contribution in [0.1, 0.15) is 72.3 Å². The number of rotatable bonds is 11. The maximum atomic E-state index is 11.5. The maximum Gasteiger partial charge on any atom is 0.261 e. The van der Waals surface area contributed by atoms with Gasteiger partial charge in [-0.05, 0) is 94.3 Å². The summed E-state index contributed by atoms with van der Waals surface area (Å²) in [6.45, 7) is 12.3. The number of allylic oxidation sites excluding steroid dienone is 2. The molecule has 47 heavy (non-hydrogen) atoms. The first-order valence-electron chi connectivity index (χ1n) is 18.1. The lowest BCUT2D eigenvalue weighted by Crippen LogP contribution is -2.66. The molecular weight excluding hydrogens is 597 g/mol. The van der Waals surface area contributed by atoms with E-state index in [2.05, 4.69) is 132 Å². The second-order valence-electron chi connectivity index (χ2n) is 15.8. The summed E-state index contributed by atoms with van der Waals surface area (Å²) in [5, 5.41) is 23.5. The van der Waals surface area contributed by atoms with Gasteiger partial charge in [0.25, 0.3) is 8.32 Å². The van der Waals surface area contributed by atoms with Crippen LogP contribution in [-0.4, -0.2) is 37.3 Å². The molecule has 0 amide bonds. The quantitative estimate of drug-likeness (QED) is 0.164. The molecule has 2 N–H and O–H groups in total. The minimum absolute atomic E-state index is 0.0737.